The summed E-state index contributed by atoms with van der Waals surface area (Å²) < 4.78 is 34.6. The van der Waals surface area contributed by atoms with E-state index in [1.165, 1.54) is 0 Å². The van der Waals surface area contributed by atoms with Gasteiger partial charge < -0.3 is 28.4 Å². The normalized spacial score (nSPS) is 19.6. The first-order chi connectivity index (χ1) is 18.6. The first-order valence-electron chi connectivity index (χ1n) is 13.5. The van der Waals surface area contributed by atoms with Crippen molar-refractivity contribution in [1.29, 1.82) is 0 Å². The van der Waals surface area contributed by atoms with Gasteiger partial charge in [0, 0.05) is 12.8 Å². The van der Waals surface area contributed by atoms with E-state index in [1.54, 1.807) is 0 Å². The molecule has 2 saturated heterocycles. The van der Waals surface area contributed by atoms with Crippen LogP contribution in [0.2, 0.25) is 0 Å². The molecule has 4 unspecified atom stereocenters. The molecule has 6 rings (SSSR count). The molecule has 4 aromatic rings. The van der Waals surface area contributed by atoms with Gasteiger partial charge in [-0.3, -0.25) is 0 Å². The summed E-state index contributed by atoms with van der Waals surface area (Å²) in [5.74, 6) is 3.40. The van der Waals surface area contributed by atoms with Crippen molar-refractivity contribution in [2.24, 2.45) is 0 Å². The van der Waals surface area contributed by atoms with Crippen LogP contribution in [0.3, 0.4) is 0 Å². The first-order valence-corrected chi connectivity index (χ1v) is 13.5. The van der Waals surface area contributed by atoms with E-state index in [0.717, 1.165) is 70.6 Å². The largest absolute Gasteiger partial charge is 0.491 e. The Morgan fingerprint density at radius 2 is 0.921 bits per heavy atom. The van der Waals surface area contributed by atoms with E-state index in [9.17, 15) is 0 Å². The molecule has 0 aliphatic carbocycles. The van der Waals surface area contributed by atoms with E-state index in [2.05, 4.69) is 62.4 Å². The highest BCUT2D eigenvalue weighted by Gasteiger charge is 2.26. The number of rotatable bonds is 13. The van der Waals surface area contributed by atoms with Gasteiger partial charge >= 0.3 is 0 Å². The van der Waals surface area contributed by atoms with E-state index in [1.807, 2.05) is 24.3 Å². The molecule has 0 amide bonds. The molecule has 0 N–H and O–H groups in total. The predicted molar refractivity (Wildman–Crippen MR) is 148 cm³/mol. The first kappa shape index (κ1) is 24.8. The average molecular weight is 515 g/mol. The fourth-order valence-corrected chi connectivity index (χ4v) is 4.76. The Balaban J connectivity index is 0.985. The lowest BCUT2D eigenvalue weighted by atomic mass is 10.1. The number of ether oxygens (including phenoxy) is 6. The Morgan fingerprint density at radius 1 is 0.579 bits per heavy atom. The Hall–Kier alpha value is -3.48. The number of benzene rings is 4. The highest BCUT2D eigenvalue weighted by molar-refractivity contribution is 5.86. The zero-order valence-electron chi connectivity index (χ0n) is 21.9. The molecule has 2 aliphatic heterocycles. The average Bonchev–Trinajstić information content (AvgIpc) is 3.84. The number of epoxide rings is 2. The van der Waals surface area contributed by atoms with E-state index >= 15 is 0 Å². The van der Waals surface area contributed by atoms with Gasteiger partial charge in [0.15, 0.2) is 0 Å². The highest BCUT2D eigenvalue weighted by atomic mass is 16.6. The Kier molecular flexibility index (Phi) is 7.25. The van der Waals surface area contributed by atoms with Crippen LogP contribution in [0.15, 0.2) is 72.8 Å². The summed E-state index contributed by atoms with van der Waals surface area (Å²) in [5.41, 5.74) is 0. The second-order valence-corrected chi connectivity index (χ2v) is 10.3. The molecule has 0 bridgehead atoms. The maximum atomic E-state index is 6.05. The number of hydrogen-bond donors (Lipinski definition) is 0. The summed E-state index contributed by atoms with van der Waals surface area (Å²) >= 11 is 0. The Labute approximate surface area is 223 Å². The van der Waals surface area contributed by atoms with Gasteiger partial charge in [0.1, 0.15) is 36.2 Å². The van der Waals surface area contributed by atoms with E-state index < -0.39 is 0 Å². The van der Waals surface area contributed by atoms with E-state index in [4.69, 9.17) is 28.4 Å². The molecule has 2 fully saturated rings. The molecule has 198 valence electrons. The second kappa shape index (κ2) is 11.1. The minimum atomic E-state index is 0.137. The fraction of sp³-hybridized carbons (Fsp3) is 0.375. The van der Waals surface area contributed by atoms with Gasteiger partial charge in [-0.2, -0.15) is 0 Å². The molecule has 4 atom stereocenters. The maximum absolute atomic E-state index is 6.05. The molecular formula is C32H34O6. The third kappa shape index (κ3) is 6.69. The van der Waals surface area contributed by atoms with Gasteiger partial charge in [0.2, 0.25) is 0 Å². The van der Waals surface area contributed by atoms with Crippen molar-refractivity contribution >= 4 is 21.5 Å². The van der Waals surface area contributed by atoms with Crippen molar-refractivity contribution in [2.75, 3.05) is 26.4 Å². The number of hydrogen-bond acceptors (Lipinski definition) is 6. The quantitative estimate of drug-likeness (QED) is 0.149. The molecular weight excluding hydrogens is 480 g/mol. The fourth-order valence-electron chi connectivity index (χ4n) is 4.76. The monoisotopic (exact) mass is 514 g/mol. The zero-order chi connectivity index (χ0) is 25.9. The van der Waals surface area contributed by atoms with E-state index in [-0.39, 0.29) is 12.2 Å². The van der Waals surface area contributed by atoms with E-state index in [0.29, 0.717) is 25.4 Å². The zero-order valence-corrected chi connectivity index (χ0v) is 21.9. The predicted octanol–water partition coefficient (Wildman–Crippen LogP) is 6.56. The van der Waals surface area contributed by atoms with Gasteiger partial charge in [-0.05, 0) is 83.9 Å². The summed E-state index contributed by atoms with van der Waals surface area (Å²) in [6, 6.07) is 24.5. The lowest BCUT2D eigenvalue weighted by molar-refractivity contribution is 0.194. The van der Waals surface area contributed by atoms with Crippen molar-refractivity contribution in [3.8, 4) is 23.0 Å². The van der Waals surface area contributed by atoms with Gasteiger partial charge in [0.25, 0.3) is 0 Å². The lowest BCUT2D eigenvalue weighted by Crippen LogP contribution is -2.14. The van der Waals surface area contributed by atoms with Gasteiger partial charge in [0.05, 0.1) is 37.6 Å². The SMILES string of the molecule is CC(CC1CO1)Oc1ccc2cc(OCCOc3ccc4cc(OC(C)CC5CO5)ccc4c3)ccc2c1. The summed E-state index contributed by atoms with van der Waals surface area (Å²) in [4.78, 5) is 0. The summed E-state index contributed by atoms with van der Waals surface area (Å²) in [5, 5.41) is 4.47. The third-order valence-corrected chi connectivity index (χ3v) is 6.86. The minimum Gasteiger partial charge on any atom is -0.491 e. The molecule has 0 spiro atoms. The van der Waals surface area contributed by atoms with Crippen LogP contribution in [-0.4, -0.2) is 50.8 Å². The molecule has 0 aromatic heterocycles. The molecule has 0 radical (unpaired) electrons. The van der Waals surface area contributed by atoms with Crippen molar-refractivity contribution < 1.29 is 28.4 Å². The maximum Gasteiger partial charge on any atom is 0.122 e. The summed E-state index contributed by atoms with van der Waals surface area (Å²) in [7, 11) is 0. The Bertz CT molecular complexity index is 1290. The topological polar surface area (TPSA) is 62.0 Å². The van der Waals surface area contributed by atoms with Crippen LogP contribution in [-0.2, 0) is 9.47 Å². The van der Waals surface area contributed by atoms with Gasteiger partial charge in [-0.1, -0.05) is 24.3 Å². The molecule has 38 heavy (non-hydrogen) atoms. The van der Waals surface area contributed by atoms with Crippen LogP contribution in [0.5, 0.6) is 23.0 Å². The van der Waals surface area contributed by atoms with Crippen LogP contribution in [0.1, 0.15) is 26.7 Å². The van der Waals surface area contributed by atoms with Crippen LogP contribution < -0.4 is 18.9 Å². The smallest absolute Gasteiger partial charge is 0.122 e. The van der Waals surface area contributed by atoms with Crippen molar-refractivity contribution in [2.45, 2.75) is 51.1 Å². The Morgan fingerprint density at radius 3 is 1.29 bits per heavy atom. The third-order valence-electron chi connectivity index (χ3n) is 6.86. The second-order valence-electron chi connectivity index (χ2n) is 10.3. The molecule has 6 heteroatoms. The summed E-state index contributed by atoms with van der Waals surface area (Å²) in [6.45, 7) is 6.80. The van der Waals surface area contributed by atoms with Gasteiger partial charge in [-0.15, -0.1) is 0 Å². The molecule has 4 aromatic carbocycles. The molecule has 2 heterocycles. The lowest BCUT2D eigenvalue weighted by Gasteiger charge is -2.15. The minimum absolute atomic E-state index is 0.137. The van der Waals surface area contributed by atoms with Crippen molar-refractivity contribution in [3.63, 3.8) is 0 Å². The van der Waals surface area contributed by atoms with Crippen LogP contribution >= 0.6 is 0 Å². The standard InChI is InChI=1S/C32H34O6/c1-21(13-31-19-35-31)37-29-9-5-23-15-27(7-3-25(23)17-29)33-11-12-34-28-8-4-26-18-30(10-6-24(26)16-28)38-22(2)14-32-20-36-32/h3-10,15-18,21-22,31-32H,11-14,19-20H2,1-2H3. The molecule has 0 saturated carbocycles. The van der Waals surface area contributed by atoms with Crippen molar-refractivity contribution in [3.05, 3.63) is 72.8 Å². The van der Waals surface area contributed by atoms with Crippen LogP contribution in [0, 0.1) is 0 Å². The molecule has 6 nitrogen and oxygen atoms in total. The number of fused-ring (bicyclic) bond motifs is 2. The highest BCUT2D eigenvalue weighted by Crippen LogP contribution is 2.28. The van der Waals surface area contributed by atoms with Crippen LogP contribution in [0.4, 0.5) is 0 Å². The van der Waals surface area contributed by atoms with Gasteiger partial charge in [-0.25, -0.2) is 0 Å². The van der Waals surface area contributed by atoms with Crippen LogP contribution in [0.25, 0.3) is 21.5 Å². The van der Waals surface area contributed by atoms with Crippen molar-refractivity contribution in [1.82, 2.24) is 0 Å². The summed E-state index contributed by atoms with van der Waals surface area (Å²) in [6.07, 6.45) is 2.86. The molecule has 2 aliphatic rings.